The van der Waals surface area contributed by atoms with Crippen molar-refractivity contribution in [2.45, 2.75) is 46.2 Å². The molecule has 1 N–H and O–H groups in total. The summed E-state index contributed by atoms with van der Waals surface area (Å²) in [5.41, 5.74) is 3.40. The Bertz CT molecular complexity index is 589. The summed E-state index contributed by atoms with van der Waals surface area (Å²) in [6, 6.07) is 10.1. The van der Waals surface area contributed by atoms with E-state index in [0.29, 0.717) is 6.42 Å². The molecule has 112 valence electrons. The summed E-state index contributed by atoms with van der Waals surface area (Å²) in [5.74, 6) is 0.0787. The van der Waals surface area contributed by atoms with Crippen molar-refractivity contribution in [3.8, 4) is 0 Å². The molecule has 2 aromatic rings. The van der Waals surface area contributed by atoms with E-state index in [2.05, 4.69) is 17.3 Å². The lowest BCUT2D eigenvalue weighted by Gasteiger charge is -2.14. The smallest absolute Gasteiger partial charge is 0.220 e. The molecule has 0 fully saturated rings. The zero-order chi connectivity index (χ0) is 15.2. The van der Waals surface area contributed by atoms with Gasteiger partial charge in [0, 0.05) is 24.2 Å². The predicted molar refractivity (Wildman–Crippen MR) is 84.0 cm³/mol. The highest BCUT2D eigenvalue weighted by atomic mass is 16.1. The molecule has 2 rings (SSSR count). The van der Waals surface area contributed by atoms with Gasteiger partial charge in [-0.15, -0.1) is 0 Å². The zero-order valence-electron chi connectivity index (χ0n) is 13.0. The molecular formula is C17H23N3O. The van der Waals surface area contributed by atoms with Gasteiger partial charge in [0.25, 0.3) is 0 Å². The van der Waals surface area contributed by atoms with Gasteiger partial charge >= 0.3 is 0 Å². The van der Waals surface area contributed by atoms with Crippen LogP contribution in [0.3, 0.4) is 0 Å². The quantitative estimate of drug-likeness (QED) is 0.887. The first-order chi connectivity index (χ1) is 10.1. The number of carbonyl (C=O) groups is 1. The summed E-state index contributed by atoms with van der Waals surface area (Å²) in [6.45, 7) is 6.95. The molecule has 0 aliphatic rings. The van der Waals surface area contributed by atoms with Crippen molar-refractivity contribution in [1.82, 2.24) is 15.1 Å². The van der Waals surface area contributed by atoms with Crippen LogP contribution in [0.15, 0.2) is 36.5 Å². The fraction of sp³-hybridized carbons (Fsp3) is 0.412. The number of aryl methyl sites for hydroxylation is 2. The van der Waals surface area contributed by atoms with Crippen molar-refractivity contribution < 1.29 is 4.79 Å². The molecule has 0 bridgehead atoms. The Hall–Kier alpha value is -2.10. The number of hydrogen-bond acceptors (Lipinski definition) is 2. The molecule has 0 aliphatic heterocycles. The van der Waals surface area contributed by atoms with Crippen LogP contribution in [0.4, 0.5) is 0 Å². The minimum Gasteiger partial charge on any atom is -0.349 e. The van der Waals surface area contributed by atoms with Gasteiger partial charge in [0.2, 0.25) is 5.91 Å². The Labute approximate surface area is 126 Å². The molecule has 0 radical (unpaired) electrons. The molecule has 1 amide bonds. The third-order valence-corrected chi connectivity index (χ3v) is 3.77. The SMILES string of the molecule is CCn1ncc(C(C)NC(=O)CCc2ccccc2)c1C. The Balaban J connectivity index is 1.88. The Morgan fingerprint density at radius 1 is 1.33 bits per heavy atom. The van der Waals surface area contributed by atoms with Gasteiger partial charge in [0.05, 0.1) is 12.2 Å². The fourth-order valence-corrected chi connectivity index (χ4v) is 2.50. The summed E-state index contributed by atoms with van der Waals surface area (Å²) < 4.78 is 1.95. The summed E-state index contributed by atoms with van der Waals surface area (Å²) in [7, 11) is 0. The van der Waals surface area contributed by atoms with Crippen LogP contribution in [-0.2, 0) is 17.8 Å². The molecule has 21 heavy (non-hydrogen) atoms. The van der Waals surface area contributed by atoms with Crippen molar-refractivity contribution in [1.29, 1.82) is 0 Å². The van der Waals surface area contributed by atoms with Crippen LogP contribution >= 0.6 is 0 Å². The molecule has 1 unspecified atom stereocenters. The summed E-state index contributed by atoms with van der Waals surface area (Å²) in [5, 5.41) is 7.37. The molecule has 1 atom stereocenters. The predicted octanol–water partition coefficient (Wildman–Crippen LogP) is 3.02. The van der Waals surface area contributed by atoms with Crippen LogP contribution in [0.1, 0.15) is 43.1 Å². The van der Waals surface area contributed by atoms with E-state index in [1.807, 2.05) is 55.1 Å². The molecule has 1 aromatic carbocycles. The van der Waals surface area contributed by atoms with Gasteiger partial charge in [-0.25, -0.2) is 0 Å². The Morgan fingerprint density at radius 2 is 2.05 bits per heavy atom. The highest BCUT2D eigenvalue weighted by Crippen LogP contribution is 2.17. The van der Waals surface area contributed by atoms with E-state index in [4.69, 9.17) is 0 Å². The van der Waals surface area contributed by atoms with E-state index in [9.17, 15) is 4.79 Å². The van der Waals surface area contributed by atoms with Gasteiger partial charge in [0.15, 0.2) is 0 Å². The van der Waals surface area contributed by atoms with Crippen molar-refractivity contribution in [2.75, 3.05) is 0 Å². The molecular weight excluding hydrogens is 262 g/mol. The second kappa shape index (κ2) is 7.07. The van der Waals surface area contributed by atoms with Gasteiger partial charge in [-0.1, -0.05) is 30.3 Å². The number of amides is 1. The summed E-state index contributed by atoms with van der Waals surface area (Å²) in [4.78, 5) is 12.0. The zero-order valence-corrected chi connectivity index (χ0v) is 13.0. The third kappa shape index (κ3) is 3.94. The Morgan fingerprint density at radius 3 is 2.67 bits per heavy atom. The van der Waals surface area contributed by atoms with Crippen LogP contribution < -0.4 is 5.32 Å². The lowest BCUT2D eigenvalue weighted by molar-refractivity contribution is -0.121. The molecule has 1 heterocycles. The van der Waals surface area contributed by atoms with E-state index < -0.39 is 0 Å². The van der Waals surface area contributed by atoms with Crippen molar-refractivity contribution in [2.24, 2.45) is 0 Å². The minimum atomic E-state index is -0.00595. The minimum absolute atomic E-state index is 0.00595. The number of aromatic nitrogens is 2. The maximum absolute atomic E-state index is 12.0. The number of rotatable bonds is 6. The van der Waals surface area contributed by atoms with E-state index in [-0.39, 0.29) is 11.9 Å². The van der Waals surface area contributed by atoms with Crippen molar-refractivity contribution in [3.05, 3.63) is 53.3 Å². The summed E-state index contributed by atoms with van der Waals surface area (Å²) >= 11 is 0. The standard InChI is InChI=1S/C17H23N3O/c1-4-20-14(3)16(12-18-20)13(2)19-17(21)11-10-15-8-6-5-7-9-15/h5-9,12-13H,4,10-11H2,1-3H3,(H,19,21). The monoisotopic (exact) mass is 285 g/mol. The molecule has 4 heteroatoms. The maximum Gasteiger partial charge on any atom is 0.220 e. The van der Waals surface area contributed by atoms with Crippen LogP contribution in [0.5, 0.6) is 0 Å². The topological polar surface area (TPSA) is 46.9 Å². The van der Waals surface area contributed by atoms with Gasteiger partial charge in [-0.3, -0.25) is 9.48 Å². The van der Waals surface area contributed by atoms with Crippen LogP contribution in [0.2, 0.25) is 0 Å². The third-order valence-electron chi connectivity index (χ3n) is 3.77. The molecule has 0 spiro atoms. The summed E-state index contributed by atoms with van der Waals surface area (Å²) in [6.07, 6.45) is 3.13. The first-order valence-electron chi connectivity index (χ1n) is 7.47. The lowest BCUT2D eigenvalue weighted by Crippen LogP contribution is -2.27. The van der Waals surface area contributed by atoms with E-state index in [0.717, 1.165) is 24.2 Å². The largest absolute Gasteiger partial charge is 0.349 e. The lowest BCUT2D eigenvalue weighted by atomic mass is 10.1. The van der Waals surface area contributed by atoms with Gasteiger partial charge in [-0.2, -0.15) is 5.10 Å². The van der Waals surface area contributed by atoms with Gasteiger partial charge in [0.1, 0.15) is 0 Å². The van der Waals surface area contributed by atoms with Crippen molar-refractivity contribution in [3.63, 3.8) is 0 Å². The highest BCUT2D eigenvalue weighted by molar-refractivity contribution is 5.76. The second-order valence-electron chi connectivity index (χ2n) is 5.28. The second-order valence-corrected chi connectivity index (χ2v) is 5.28. The number of carbonyl (C=O) groups excluding carboxylic acids is 1. The van der Waals surface area contributed by atoms with E-state index in [1.165, 1.54) is 5.56 Å². The molecule has 0 saturated carbocycles. The van der Waals surface area contributed by atoms with Crippen LogP contribution in [0.25, 0.3) is 0 Å². The Kier molecular flexibility index (Phi) is 5.14. The molecule has 0 saturated heterocycles. The first kappa shape index (κ1) is 15.3. The maximum atomic E-state index is 12.0. The average molecular weight is 285 g/mol. The first-order valence-corrected chi connectivity index (χ1v) is 7.47. The fourth-order valence-electron chi connectivity index (χ4n) is 2.50. The number of nitrogens with zero attached hydrogens (tertiary/aromatic N) is 2. The number of benzene rings is 1. The van der Waals surface area contributed by atoms with E-state index in [1.54, 1.807) is 0 Å². The molecule has 0 aliphatic carbocycles. The normalized spacial score (nSPS) is 12.1. The van der Waals surface area contributed by atoms with Crippen LogP contribution in [-0.4, -0.2) is 15.7 Å². The molecule has 1 aromatic heterocycles. The molecule has 4 nitrogen and oxygen atoms in total. The van der Waals surface area contributed by atoms with Gasteiger partial charge < -0.3 is 5.32 Å². The average Bonchev–Trinajstić information content (AvgIpc) is 2.87. The number of nitrogens with one attached hydrogen (secondary N) is 1. The highest BCUT2D eigenvalue weighted by Gasteiger charge is 2.14. The van der Waals surface area contributed by atoms with E-state index >= 15 is 0 Å². The number of hydrogen-bond donors (Lipinski definition) is 1. The van der Waals surface area contributed by atoms with Crippen LogP contribution in [0, 0.1) is 6.92 Å². The van der Waals surface area contributed by atoms with Crippen molar-refractivity contribution >= 4 is 5.91 Å². The van der Waals surface area contributed by atoms with Gasteiger partial charge in [-0.05, 0) is 32.8 Å².